The summed E-state index contributed by atoms with van der Waals surface area (Å²) < 4.78 is 8.46. The van der Waals surface area contributed by atoms with Crippen molar-refractivity contribution in [1.29, 1.82) is 0 Å². The molecule has 1 aromatic carbocycles. The zero-order valence-corrected chi connectivity index (χ0v) is 15.6. The summed E-state index contributed by atoms with van der Waals surface area (Å²) in [5.74, 6) is 1.11. The quantitative estimate of drug-likeness (QED) is 0.695. The number of nitrogens with zero attached hydrogens (tertiary/aromatic N) is 3. The molecule has 0 amide bonds. The van der Waals surface area contributed by atoms with Crippen LogP contribution in [0.15, 0.2) is 22.7 Å². The molecule has 0 bridgehead atoms. The van der Waals surface area contributed by atoms with Gasteiger partial charge in [0.2, 0.25) is 0 Å². The number of hydrogen-bond acceptors (Lipinski definition) is 5. The Labute approximate surface area is 148 Å². The molecule has 0 radical (unpaired) electrons. The Kier molecular flexibility index (Phi) is 4.50. The van der Waals surface area contributed by atoms with E-state index < -0.39 is 5.60 Å². The van der Waals surface area contributed by atoms with E-state index in [1.54, 1.807) is 13.8 Å². The number of hydrogen-bond donors (Lipinski definition) is 2. The number of aliphatic hydroxyl groups is 1. The average molecular weight is 393 g/mol. The Balaban J connectivity index is 2.34. The fraction of sp³-hybridized carbons (Fsp3) is 0.412. The highest BCUT2D eigenvalue weighted by molar-refractivity contribution is 9.10. The SMILES string of the molecule is CCOCc1nc2c(N)nc3cc(Br)ccc3c2n1CC(C)(C)O. The number of pyridine rings is 1. The molecule has 6 nitrogen and oxygen atoms in total. The second kappa shape index (κ2) is 6.31. The zero-order chi connectivity index (χ0) is 17.5. The van der Waals surface area contributed by atoms with Gasteiger partial charge in [0.05, 0.1) is 23.2 Å². The van der Waals surface area contributed by atoms with E-state index >= 15 is 0 Å². The topological polar surface area (TPSA) is 86.2 Å². The number of imidazole rings is 1. The van der Waals surface area contributed by atoms with Crippen LogP contribution in [-0.4, -0.2) is 31.8 Å². The molecule has 0 spiro atoms. The number of rotatable bonds is 5. The van der Waals surface area contributed by atoms with Crippen molar-refractivity contribution < 1.29 is 9.84 Å². The molecule has 3 N–H and O–H groups in total. The lowest BCUT2D eigenvalue weighted by molar-refractivity contribution is 0.0582. The molecule has 0 saturated heterocycles. The minimum absolute atomic E-state index is 0.360. The van der Waals surface area contributed by atoms with E-state index in [0.717, 1.165) is 26.7 Å². The van der Waals surface area contributed by atoms with Crippen LogP contribution in [0.3, 0.4) is 0 Å². The second-order valence-electron chi connectivity index (χ2n) is 6.42. The number of ether oxygens (including phenoxy) is 1. The van der Waals surface area contributed by atoms with Crippen molar-refractivity contribution in [2.24, 2.45) is 0 Å². The Morgan fingerprint density at radius 1 is 1.33 bits per heavy atom. The lowest BCUT2D eigenvalue weighted by Gasteiger charge is -2.20. The van der Waals surface area contributed by atoms with E-state index in [9.17, 15) is 5.11 Å². The molecule has 0 aliphatic rings. The normalized spacial score (nSPS) is 12.4. The van der Waals surface area contributed by atoms with Gasteiger partial charge >= 0.3 is 0 Å². The van der Waals surface area contributed by atoms with Gasteiger partial charge in [-0.1, -0.05) is 15.9 Å². The molecule has 0 atom stereocenters. The van der Waals surface area contributed by atoms with Crippen molar-refractivity contribution in [3.05, 3.63) is 28.5 Å². The van der Waals surface area contributed by atoms with Crippen molar-refractivity contribution >= 4 is 43.7 Å². The highest BCUT2D eigenvalue weighted by Gasteiger charge is 2.22. The van der Waals surface area contributed by atoms with Crippen LogP contribution in [0.25, 0.3) is 21.9 Å². The van der Waals surface area contributed by atoms with Gasteiger partial charge in [-0.05, 0) is 39.0 Å². The predicted octanol–water partition coefficient (Wildman–Crippen LogP) is 3.24. The molecule has 0 aliphatic carbocycles. The molecular formula is C17H21BrN4O2. The highest BCUT2D eigenvalue weighted by Crippen LogP contribution is 2.31. The van der Waals surface area contributed by atoms with Gasteiger partial charge in [0.1, 0.15) is 17.9 Å². The summed E-state index contributed by atoms with van der Waals surface area (Å²) in [6.07, 6.45) is 0. The van der Waals surface area contributed by atoms with Gasteiger partial charge in [0.15, 0.2) is 5.82 Å². The van der Waals surface area contributed by atoms with Crippen LogP contribution >= 0.6 is 15.9 Å². The minimum Gasteiger partial charge on any atom is -0.389 e. The lowest BCUT2D eigenvalue weighted by atomic mass is 10.1. The molecule has 3 rings (SSSR count). The first-order valence-electron chi connectivity index (χ1n) is 7.84. The fourth-order valence-electron chi connectivity index (χ4n) is 2.79. The van der Waals surface area contributed by atoms with Gasteiger partial charge in [0.25, 0.3) is 0 Å². The molecular weight excluding hydrogens is 372 g/mol. The standard InChI is InChI=1S/C17H21BrN4O2/c1-4-24-8-13-21-14-15(22(13)9-17(2,3)23)11-6-5-10(18)7-12(11)20-16(14)19/h5-7,23H,4,8-9H2,1-3H3,(H2,19,20). The molecule has 0 saturated carbocycles. The van der Waals surface area contributed by atoms with Gasteiger partial charge < -0.3 is 20.1 Å². The third-order valence-electron chi connectivity index (χ3n) is 3.73. The maximum Gasteiger partial charge on any atom is 0.152 e. The number of anilines is 1. The third-order valence-corrected chi connectivity index (χ3v) is 4.22. The maximum atomic E-state index is 10.3. The smallest absolute Gasteiger partial charge is 0.152 e. The highest BCUT2D eigenvalue weighted by atomic mass is 79.9. The van der Waals surface area contributed by atoms with E-state index in [4.69, 9.17) is 10.5 Å². The summed E-state index contributed by atoms with van der Waals surface area (Å²) in [4.78, 5) is 9.10. The zero-order valence-electron chi connectivity index (χ0n) is 14.0. The third kappa shape index (κ3) is 3.24. The molecule has 3 aromatic rings. The Bertz CT molecular complexity index is 899. The van der Waals surface area contributed by atoms with Crippen LogP contribution < -0.4 is 5.73 Å². The Morgan fingerprint density at radius 3 is 2.75 bits per heavy atom. The van der Waals surface area contributed by atoms with E-state index in [1.807, 2.05) is 29.7 Å². The number of halogens is 1. The maximum absolute atomic E-state index is 10.3. The first-order valence-corrected chi connectivity index (χ1v) is 8.63. The molecule has 2 heterocycles. The minimum atomic E-state index is -0.895. The first kappa shape index (κ1) is 17.1. The largest absolute Gasteiger partial charge is 0.389 e. The summed E-state index contributed by atoms with van der Waals surface area (Å²) in [6, 6.07) is 5.87. The molecule has 128 valence electrons. The van der Waals surface area contributed by atoms with Crippen molar-refractivity contribution in [1.82, 2.24) is 14.5 Å². The van der Waals surface area contributed by atoms with Crippen molar-refractivity contribution in [3.8, 4) is 0 Å². The van der Waals surface area contributed by atoms with Crippen LogP contribution in [0.1, 0.15) is 26.6 Å². The fourth-order valence-corrected chi connectivity index (χ4v) is 3.14. The number of aromatic nitrogens is 3. The van der Waals surface area contributed by atoms with E-state index in [0.29, 0.717) is 31.1 Å². The number of nitrogen functional groups attached to an aromatic ring is 1. The number of fused-ring (bicyclic) bond motifs is 3. The number of benzene rings is 1. The predicted molar refractivity (Wildman–Crippen MR) is 98.8 cm³/mol. The summed E-state index contributed by atoms with van der Waals surface area (Å²) in [5, 5.41) is 11.3. The van der Waals surface area contributed by atoms with Gasteiger partial charge in [-0.3, -0.25) is 0 Å². The van der Waals surface area contributed by atoms with Crippen LogP contribution in [0.5, 0.6) is 0 Å². The summed E-state index contributed by atoms with van der Waals surface area (Å²) in [5.41, 5.74) is 7.55. The lowest BCUT2D eigenvalue weighted by Crippen LogP contribution is -2.27. The van der Waals surface area contributed by atoms with Crippen molar-refractivity contribution in [2.45, 2.75) is 39.5 Å². The van der Waals surface area contributed by atoms with Gasteiger partial charge in [-0.15, -0.1) is 0 Å². The van der Waals surface area contributed by atoms with Crippen LogP contribution in [0, 0.1) is 0 Å². The van der Waals surface area contributed by atoms with Crippen LogP contribution in [0.2, 0.25) is 0 Å². The second-order valence-corrected chi connectivity index (χ2v) is 7.34. The van der Waals surface area contributed by atoms with Crippen molar-refractivity contribution in [2.75, 3.05) is 12.3 Å². The summed E-state index contributed by atoms with van der Waals surface area (Å²) >= 11 is 3.46. The number of nitrogens with two attached hydrogens (primary N) is 1. The molecule has 2 aromatic heterocycles. The summed E-state index contributed by atoms with van der Waals surface area (Å²) in [6.45, 7) is 6.82. The molecule has 24 heavy (non-hydrogen) atoms. The molecule has 0 unspecified atom stereocenters. The molecule has 0 aliphatic heterocycles. The average Bonchev–Trinajstić information content (AvgIpc) is 2.82. The van der Waals surface area contributed by atoms with Gasteiger partial charge in [0, 0.05) is 16.5 Å². The summed E-state index contributed by atoms with van der Waals surface area (Å²) in [7, 11) is 0. The monoisotopic (exact) mass is 392 g/mol. The molecule has 0 fully saturated rings. The van der Waals surface area contributed by atoms with E-state index in [1.165, 1.54) is 0 Å². The molecule has 7 heteroatoms. The van der Waals surface area contributed by atoms with Crippen LogP contribution in [-0.2, 0) is 17.9 Å². The van der Waals surface area contributed by atoms with Crippen LogP contribution in [0.4, 0.5) is 5.82 Å². The van der Waals surface area contributed by atoms with E-state index in [-0.39, 0.29) is 0 Å². The Hall–Kier alpha value is -1.70. The van der Waals surface area contributed by atoms with E-state index in [2.05, 4.69) is 25.9 Å². The van der Waals surface area contributed by atoms with Crippen molar-refractivity contribution in [3.63, 3.8) is 0 Å². The Morgan fingerprint density at radius 2 is 2.08 bits per heavy atom. The van der Waals surface area contributed by atoms with Gasteiger partial charge in [-0.2, -0.15) is 0 Å². The first-order chi connectivity index (χ1) is 11.3. The van der Waals surface area contributed by atoms with Gasteiger partial charge in [-0.25, -0.2) is 9.97 Å².